The molecule has 4 N–H and O–H groups in total. The fourth-order valence-electron chi connectivity index (χ4n) is 1.96. The molecule has 0 fully saturated rings. The van der Waals surface area contributed by atoms with E-state index >= 15 is 0 Å². The van der Waals surface area contributed by atoms with Crippen LogP contribution in [-0.4, -0.2) is 33.5 Å². The molecule has 1 aromatic heterocycles. The first-order valence-corrected chi connectivity index (χ1v) is 6.80. The van der Waals surface area contributed by atoms with Crippen LogP contribution in [0.5, 0.6) is 0 Å². The van der Waals surface area contributed by atoms with Crippen LogP contribution >= 0.6 is 0 Å². The van der Waals surface area contributed by atoms with Crippen molar-refractivity contribution in [1.82, 2.24) is 15.5 Å². The Morgan fingerprint density at radius 1 is 1.29 bits per heavy atom. The van der Waals surface area contributed by atoms with E-state index in [4.69, 9.17) is 5.11 Å². The summed E-state index contributed by atoms with van der Waals surface area (Å²) in [4.78, 5) is 11.9. The van der Waals surface area contributed by atoms with Crippen molar-refractivity contribution < 1.29 is 9.90 Å². The maximum atomic E-state index is 11.9. The molecule has 6 nitrogen and oxygen atoms in total. The molecule has 21 heavy (non-hydrogen) atoms. The second-order valence-electron chi connectivity index (χ2n) is 5.48. The van der Waals surface area contributed by atoms with E-state index in [1.807, 2.05) is 44.2 Å². The van der Waals surface area contributed by atoms with Crippen LogP contribution in [0.2, 0.25) is 0 Å². The van der Waals surface area contributed by atoms with Crippen molar-refractivity contribution in [2.45, 2.75) is 25.8 Å². The number of aromatic nitrogens is 2. The molecule has 6 heteroatoms. The highest BCUT2D eigenvalue weighted by molar-refractivity contribution is 5.90. The molecule has 0 bridgehead atoms. The van der Waals surface area contributed by atoms with Gasteiger partial charge in [0.25, 0.3) is 0 Å². The highest BCUT2D eigenvalue weighted by Gasteiger charge is 2.19. The van der Waals surface area contributed by atoms with Crippen LogP contribution in [-0.2, 0) is 0 Å². The molecule has 0 unspecified atom stereocenters. The minimum Gasteiger partial charge on any atom is -0.396 e. The molecule has 0 aliphatic carbocycles. The molecule has 2 aromatic rings. The van der Waals surface area contributed by atoms with Crippen LogP contribution in [0.25, 0.3) is 11.3 Å². The first-order valence-electron chi connectivity index (χ1n) is 6.80. The third kappa shape index (κ3) is 4.32. The Morgan fingerprint density at radius 2 is 2.00 bits per heavy atom. The predicted octanol–water partition coefficient (Wildman–Crippen LogP) is 2.36. The third-order valence-electron chi connectivity index (χ3n) is 3.14. The van der Waals surface area contributed by atoms with Gasteiger partial charge in [0.1, 0.15) is 0 Å². The lowest BCUT2D eigenvalue weighted by Crippen LogP contribution is -2.46. The third-order valence-corrected chi connectivity index (χ3v) is 3.14. The van der Waals surface area contributed by atoms with Gasteiger partial charge in [0.05, 0.1) is 5.69 Å². The standard InChI is InChI=1S/C15H20N4O2/c1-15(2,8-10-20)18-14(21)17-12-5-3-11(4-6-12)13-7-9-16-19-13/h3-7,9,20H,8,10H2,1-2H3,(H,16,19)(H2,17,18,21). The van der Waals surface area contributed by atoms with E-state index in [1.54, 1.807) is 6.20 Å². The Labute approximate surface area is 123 Å². The maximum absolute atomic E-state index is 11.9. The molecule has 0 radical (unpaired) electrons. The smallest absolute Gasteiger partial charge is 0.319 e. The molecule has 0 aliphatic heterocycles. The van der Waals surface area contributed by atoms with Crippen LogP contribution in [0.4, 0.5) is 10.5 Å². The molecule has 112 valence electrons. The van der Waals surface area contributed by atoms with Gasteiger partial charge >= 0.3 is 6.03 Å². The van der Waals surface area contributed by atoms with E-state index in [2.05, 4.69) is 20.8 Å². The number of aliphatic hydroxyl groups excluding tert-OH is 1. The molecule has 0 aliphatic rings. The monoisotopic (exact) mass is 288 g/mol. The van der Waals surface area contributed by atoms with Crippen LogP contribution in [0.15, 0.2) is 36.5 Å². The second kappa shape index (κ2) is 6.41. The molecule has 2 rings (SSSR count). The fraction of sp³-hybridized carbons (Fsp3) is 0.333. The van der Waals surface area contributed by atoms with Crippen molar-refractivity contribution in [1.29, 1.82) is 0 Å². The van der Waals surface area contributed by atoms with Gasteiger partial charge in [-0.1, -0.05) is 12.1 Å². The summed E-state index contributed by atoms with van der Waals surface area (Å²) < 4.78 is 0. The Morgan fingerprint density at radius 3 is 2.57 bits per heavy atom. The van der Waals surface area contributed by atoms with Crippen molar-refractivity contribution in [3.05, 3.63) is 36.5 Å². The van der Waals surface area contributed by atoms with Gasteiger partial charge < -0.3 is 15.7 Å². The topological polar surface area (TPSA) is 90.0 Å². The summed E-state index contributed by atoms with van der Waals surface area (Å²) in [6.45, 7) is 3.76. The Balaban J connectivity index is 1.96. The molecular formula is C15H20N4O2. The van der Waals surface area contributed by atoms with Gasteiger partial charge in [-0.2, -0.15) is 5.10 Å². The average Bonchev–Trinajstić information content (AvgIpc) is 2.92. The quantitative estimate of drug-likeness (QED) is 0.681. The molecular weight excluding hydrogens is 268 g/mol. The van der Waals surface area contributed by atoms with Gasteiger partial charge in [-0.25, -0.2) is 4.79 Å². The number of rotatable bonds is 5. The number of aliphatic hydroxyl groups is 1. The first-order chi connectivity index (χ1) is 10.00. The van der Waals surface area contributed by atoms with E-state index in [0.717, 1.165) is 11.3 Å². The number of anilines is 1. The van der Waals surface area contributed by atoms with Gasteiger partial charge in [-0.15, -0.1) is 0 Å². The normalized spacial score (nSPS) is 11.2. The lowest BCUT2D eigenvalue weighted by Gasteiger charge is -2.25. The van der Waals surface area contributed by atoms with E-state index in [-0.39, 0.29) is 12.6 Å². The van der Waals surface area contributed by atoms with Crippen molar-refractivity contribution in [3.63, 3.8) is 0 Å². The summed E-state index contributed by atoms with van der Waals surface area (Å²) >= 11 is 0. The molecule has 0 saturated carbocycles. The molecule has 1 heterocycles. The number of nitrogens with one attached hydrogen (secondary N) is 3. The largest absolute Gasteiger partial charge is 0.396 e. The molecule has 1 aromatic carbocycles. The molecule has 0 saturated heterocycles. The highest BCUT2D eigenvalue weighted by atomic mass is 16.3. The van der Waals surface area contributed by atoms with E-state index < -0.39 is 5.54 Å². The molecule has 2 amide bonds. The average molecular weight is 288 g/mol. The zero-order chi connectivity index (χ0) is 15.3. The van der Waals surface area contributed by atoms with Crippen molar-refractivity contribution >= 4 is 11.7 Å². The zero-order valence-corrected chi connectivity index (χ0v) is 12.2. The van der Waals surface area contributed by atoms with E-state index in [0.29, 0.717) is 12.1 Å². The maximum Gasteiger partial charge on any atom is 0.319 e. The number of hydrogen-bond donors (Lipinski definition) is 4. The number of aromatic amines is 1. The van der Waals surface area contributed by atoms with Crippen molar-refractivity contribution in [2.24, 2.45) is 0 Å². The summed E-state index contributed by atoms with van der Waals surface area (Å²) in [6, 6.07) is 9.06. The summed E-state index contributed by atoms with van der Waals surface area (Å²) in [7, 11) is 0. The SMILES string of the molecule is CC(C)(CCO)NC(=O)Nc1ccc(-c2ccn[nH]2)cc1. The first kappa shape index (κ1) is 15.1. The molecule has 0 atom stereocenters. The summed E-state index contributed by atoms with van der Waals surface area (Å²) in [5.74, 6) is 0. The Hall–Kier alpha value is -2.34. The molecule has 0 spiro atoms. The van der Waals surface area contributed by atoms with Gasteiger partial charge in [0, 0.05) is 24.0 Å². The van der Waals surface area contributed by atoms with Crippen molar-refractivity contribution in [3.8, 4) is 11.3 Å². The van der Waals surface area contributed by atoms with E-state index in [9.17, 15) is 4.79 Å². The number of H-pyrrole nitrogens is 1. The lowest BCUT2D eigenvalue weighted by molar-refractivity contribution is 0.218. The van der Waals surface area contributed by atoms with Gasteiger partial charge in [0.2, 0.25) is 0 Å². The number of amides is 2. The van der Waals surface area contributed by atoms with Gasteiger partial charge in [-0.05, 0) is 44.0 Å². The summed E-state index contributed by atoms with van der Waals surface area (Å²) in [5.41, 5.74) is 2.18. The minimum atomic E-state index is -0.450. The summed E-state index contributed by atoms with van der Waals surface area (Å²) in [6.07, 6.45) is 2.19. The second-order valence-corrected chi connectivity index (χ2v) is 5.48. The zero-order valence-electron chi connectivity index (χ0n) is 12.2. The number of benzene rings is 1. The minimum absolute atomic E-state index is 0.0339. The van der Waals surface area contributed by atoms with Gasteiger partial charge in [-0.3, -0.25) is 5.10 Å². The number of hydrogen-bond acceptors (Lipinski definition) is 3. The number of nitrogens with zero attached hydrogens (tertiary/aromatic N) is 1. The van der Waals surface area contributed by atoms with Crippen molar-refractivity contribution in [2.75, 3.05) is 11.9 Å². The van der Waals surface area contributed by atoms with Crippen LogP contribution in [0, 0.1) is 0 Å². The van der Waals surface area contributed by atoms with E-state index in [1.165, 1.54) is 0 Å². The fourth-order valence-corrected chi connectivity index (χ4v) is 1.96. The summed E-state index contributed by atoms with van der Waals surface area (Å²) in [5, 5.41) is 21.3. The Kier molecular flexibility index (Phi) is 4.59. The lowest BCUT2D eigenvalue weighted by atomic mass is 10.0. The van der Waals surface area contributed by atoms with Crippen LogP contribution in [0.1, 0.15) is 20.3 Å². The Bertz CT molecular complexity index is 576. The van der Waals surface area contributed by atoms with Crippen LogP contribution < -0.4 is 10.6 Å². The number of carbonyl (C=O) groups is 1. The highest BCUT2D eigenvalue weighted by Crippen LogP contribution is 2.19. The van der Waals surface area contributed by atoms with Gasteiger partial charge in [0.15, 0.2) is 0 Å². The van der Waals surface area contributed by atoms with Crippen LogP contribution in [0.3, 0.4) is 0 Å². The predicted molar refractivity (Wildman–Crippen MR) is 82.0 cm³/mol. The number of carbonyl (C=O) groups excluding carboxylic acids is 1. The number of urea groups is 1.